The lowest BCUT2D eigenvalue weighted by Gasteiger charge is -2.19. The summed E-state index contributed by atoms with van der Waals surface area (Å²) in [6, 6.07) is 10.5. The summed E-state index contributed by atoms with van der Waals surface area (Å²) >= 11 is 0. The maximum Gasteiger partial charge on any atom is 0.413 e. The van der Waals surface area contributed by atoms with Gasteiger partial charge in [0.1, 0.15) is 17.2 Å². The highest BCUT2D eigenvalue weighted by molar-refractivity contribution is 5.83. The van der Waals surface area contributed by atoms with Crippen LogP contribution >= 0.6 is 0 Å². The number of benzene rings is 1. The number of phenolic OH excluding ortho intramolecular Hbond substituents is 1. The Morgan fingerprint density at radius 1 is 1.26 bits per heavy atom. The van der Waals surface area contributed by atoms with Gasteiger partial charge < -0.3 is 15.2 Å². The van der Waals surface area contributed by atoms with Crippen molar-refractivity contribution in [3.8, 4) is 5.75 Å². The second-order valence-corrected chi connectivity index (χ2v) is 6.08. The number of pyridine rings is 1. The number of aromatic hydroxyl groups is 1. The molecule has 0 aliphatic heterocycles. The molecule has 0 aliphatic carbocycles. The number of hydrogen-bond donors (Lipinski definition) is 3. The van der Waals surface area contributed by atoms with Gasteiger partial charge in [-0.25, -0.2) is 9.78 Å². The van der Waals surface area contributed by atoms with Crippen LogP contribution in [0.3, 0.4) is 0 Å². The number of carbonyl (C=O) groups is 1. The average molecular weight is 315 g/mol. The highest BCUT2D eigenvalue weighted by Gasteiger charge is 2.16. The summed E-state index contributed by atoms with van der Waals surface area (Å²) in [5.41, 5.74) is 1.22. The molecule has 6 nitrogen and oxygen atoms in total. The number of nitrogens with zero attached hydrogens (tertiary/aromatic N) is 1. The Bertz CT molecular complexity index is 664. The van der Waals surface area contributed by atoms with Crippen LogP contribution in [-0.2, 0) is 11.3 Å². The third kappa shape index (κ3) is 5.86. The van der Waals surface area contributed by atoms with Crippen LogP contribution in [0.1, 0.15) is 26.3 Å². The predicted molar refractivity (Wildman–Crippen MR) is 89.5 cm³/mol. The third-order valence-electron chi connectivity index (χ3n) is 2.80. The second kappa shape index (κ2) is 7.00. The molecular formula is C17H21N3O3. The number of anilines is 2. The van der Waals surface area contributed by atoms with E-state index in [1.54, 1.807) is 51.2 Å². The van der Waals surface area contributed by atoms with Crippen LogP contribution in [0.5, 0.6) is 5.75 Å². The standard InChI is InChI=1S/C17H21N3O3/c1-17(2,3)23-16(22)20-15-8-7-13(11-19-15)18-10-12-5-4-6-14(21)9-12/h4-9,11,18,21H,10H2,1-3H3,(H,19,20,22). The number of aromatic nitrogens is 1. The van der Waals surface area contributed by atoms with Gasteiger partial charge in [0.05, 0.1) is 11.9 Å². The molecule has 1 heterocycles. The van der Waals surface area contributed by atoms with Gasteiger partial charge >= 0.3 is 6.09 Å². The van der Waals surface area contributed by atoms with Crippen molar-refractivity contribution < 1.29 is 14.6 Å². The molecule has 0 saturated carbocycles. The fourth-order valence-corrected chi connectivity index (χ4v) is 1.85. The van der Waals surface area contributed by atoms with Crippen LogP contribution in [0.15, 0.2) is 42.6 Å². The summed E-state index contributed by atoms with van der Waals surface area (Å²) in [5, 5.41) is 15.2. The van der Waals surface area contributed by atoms with E-state index in [2.05, 4.69) is 15.6 Å². The van der Waals surface area contributed by atoms with Gasteiger partial charge in [-0.3, -0.25) is 5.32 Å². The molecule has 1 aromatic carbocycles. The first kappa shape index (κ1) is 16.6. The first-order chi connectivity index (χ1) is 10.8. The van der Waals surface area contributed by atoms with Gasteiger partial charge in [0.25, 0.3) is 0 Å². The minimum Gasteiger partial charge on any atom is -0.508 e. The Balaban J connectivity index is 1.88. The second-order valence-electron chi connectivity index (χ2n) is 6.08. The summed E-state index contributed by atoms with van der Waals surface area (Å²) in [6.07, 6.45) is 1.08. The maximum absolute atomic E-state index is 11.6. The topological polar surface area (TPSA) is 83.5 Å². The van der Waals surface area contributed by atoms with E-state index in [9.17, 15) is 9.90 Å². The molecule has 6 heteroatoms. The van der Waals surface area contributed by atoms with Crippen molar-refractivity contribution in [2.45, 2.75) is 32.9 Å². The van der Waals surface area contributed by atoms with E-state index in [0.717, 1.165) is 11.3 Å². The van der Waals surface area contributed by atoms with Crippen LogP contribution in [0.25, 0.3) is 0 Å². The Morgan fingerprint density at radius 3 is 2.65 bits per heavy atom. The number of hydrogen-bond acceptors (Lipinski definition) is 5. The zero-order valence-electron chi connectivity index (χ0n) is 13.5. The fraction of sp³-hybridized carbons (Fsp3) is 0.294. The predicted octanol–water partition coefficient (Wildman–Crippen LogP) is 3.75. The minimum atomic E-state index is -0.549. The number of rotatable bonds is 4. The molecule has 0 aliphatic rings. The Morgan fingerprint density at radius 2 is 2.04 bits per heavy atom. The highest BCUT2D eigenvalue weighted by atomic mass is 16.6. The molecule has 2 aromatic rings. The van der Waals surface area contributed by atoms with Crippen LogP contribution in [0, 0.1) is 0 Å². The largest absolute Gasteiger partial charge is 0.508 e. The van der Waals surface area contributed by atoms with Crippen molar-refractivity contribution in [3.63, 3.8) is 0 Å². The van der Waals surface area contributed by atoms with E-state index in [-0.39, 0.29) is 5.75 Å². The van der Waals surface area contributed by atoms with Crippen LogP contribution in [0.4, 0.5) is 16.3 Å². The first-order valence-corrected chi connectivity index (χ1v) is 7.30. The van der Waals surface area contributed by atoms with E-state index in [1.165, 1.54) is 0 Å². The van der Waals surface area contributed by atoms with Gasteiger partial charge in [0, 0.05) is 6.54 Å². The first-order valence-electron chi connectivity index (χ1n) is 7.30. The summed E-state index contributed by atoms with van der Waals surface area (Å²) < 4.78 is 5.16. The van der Waals surface area contributed by atoms with Crippen molar-refractivity contribution in [2.75, 3.05) is 10.6 Å². The van der Waals surface area contributed by atoms with E-state index in [1.807, 2.05) is 12.1 Å². The summed E-state index contributed by atoms with van der Waals surface area (Å²) in [4.78, 5) is 15.8. The highest BCUT2D eigenvalue weighted by Crippen LogP contribution is 2.15. The zero-order valence-corrected chi connectivity index (χ0v) is 13.5. The number of phenols is 1. The number of ether oxygens (including phenoxy) is 1. The molecule has 0 unspecified atom stereocenters. The average Bonchev–Trinajstić information content (AvgIpc) is 2.44. The van der Waals surface area contributed by atoms with Crippen LogP contribution in [0.2, 0.25) is 0 Å². The lowest BCUT2D eigenvalue weighted by Crippen LogP contribution is -2.27. The molecule has 0 atom stereocenters. The molecule has 122 valence electrons. The molecular weight excluding hydrogens is 294 g/mol. The van der Waals surface area contributed by atoms with E-state index >= 15 is 0 Å². The number of nitrogens with one attached hydrogen (secondary N) is 2. The van der Waals surface area contributed by atoms with Crippen molar-refractivity contribution in [2.24, 2.45) is 0 Å². The Labute approximate surface area is 135 Å². The van der Waals surface area contributed by atoms with E-state index in [4.69, 9.17) is 4.74 Å². The Hall–Kier alpha value is -2.76. The molecule has 1 aromatic heterocycles. The van der Waals surface area contributed by atoms with Gasteiger partial charge in [0.2, 0.25) is 0 Å². The van der Waals surface area contributed by atoms with Crippen LogP contribution in [-0.4, -0.2) is 21.8 Å². The van der Waals surface area contributed by atoms with Crippen LogP contribution < -0.4 is 10.6 Å². The van der Waals surface area contributed by atoms with Gasteiger partial charge in [0.15, 0.2) is 0 Å². The number of amides is 1. The molecule has 1 amide bonds. The maximum atomic E-state index is 11.6. The normalized spacial score (nSPS) is 10.9. The third-order valence-corrected chi connectivity index (χ3v) is 2.80. The molecule has 23 heavy (non-hydrogen) atoms. The Kier molecular flexibility index (Phi) is 5.05. The van der Waals surface area contributed by atoms with Crippen molar-refractivity contribution in [1.29, 1.82) is 0 Å². The van der Waals surface area contributed by atoms with Gasteiger partial charge in [-0.1, -0.05) is 12.1 Å². The molecule has 0 fully saturated rings. The lowest BCUT2D eigenvalue weighted by molar-refractivity contribution is 0.0635. The summed E-state index contributed by atoms with van der Waals surface area (Å²) in [6.45, 7) is 5.96. The monoisotopic (exact) mass is 315 g/mol. The molecule has 2 rings (SSSR count). The molecule has 3 N–H and O–H groups in total. The molecule has 0 radical (unpaired) electrons. The van der Waals surface area contributed by atoms with Gasteiger partial charge in [-0.15, -0.1) is 0 Å². The smallest absolute Gasteiger partial charge is 0.413 e. The van der Waals surface area contributed by atoms with Gasteiger partial charge in [-0.05, 0) is 50.6 Å². The van der Waals surface area contributed by atoms with Crippen molar-refractivity contribution >= 4 is 17.6 Å². The van der Waals surface area contributed by atoms with E-state index in [0.29, 0.717) is 12.4 Å². The fourth-order valence-electron chi connectivity index (χ4n) is 1.85. The summed E-state index contributed by atoms with van der Waals surface area (Å²) in [5.74, 6) is 0.654. The number of carbonyl (C=O) groups excluding carboxylic acids is 1. The lowest BCUT2D eigenvalue weighted by atomic mass is 10.2. The summed E-state index contributed by atoms with van der Waals surface area (Å²) in [7, 11) is 0. The van der Waals surface area contributed by atoms with Crippen molar-refractivity contribution in [3.05, 3.63) is 48.2 Å². The van der Waals surface area contributed by atoms with Gasteiger partial charge in [-0.2, -0.15) is 0 Å². The molecule has 0 bridgehead atoms. The molecule has 0 spiro atoms. The van der Waals surface area contributed by atoms with E-state index < -0.39 is 11.7 Å². The minimum absolute atomic E-state index is 0.235. The SMILES string of the molecule is CC(C)(C)OC(=O)Nc1ccc(NCc2cccc(O)c2)cn1. The quantitative estimate of drug-likeness (QED) is 0.800. The molecule has 0 saturated heterocycles. The van der Waals surface area contributed by atoms with Crippen molar-refractivity contribution in [1.82, 2.24) is 4.98 Å². The zero-order chi connectivity index (χ0) is 16.9.